The first kappa shape index (κ1) is 77.6. The van der Waals surface area contributed by atoms with E-state index in [9.17, 15) is 57.5 Å². The fourth-order valence-corrected chi connectivity index (χ4v) is 8.69. The van der Waals surface area contributed by atoms with Gasteiger partial charge in [0.1, 0.15) is 34.5 Å². The molecule has 0 radical (unpaired) electrons. The largest absolute Gasteiger partial charge is 0.549 e. The van der Waals surface area contributed by atoms with Crippen molar-refractivity contribution in [1.29, 1.82) is 0 Å². The van der Waals surface area contributed by atoms with Gasteiger partial charge in [-0.05, 0) is 122 Å². The summed E-state index contributed by atoms with van der Waals surface area (Å²) in [7, 11) is 7.82. The smallest absolute Gasteiger partial charge is 0.497 e. The molecule has 0 spiro atoms. The van der Waals surface area contributed by atoms with Crippen LogP contribution in [0, 0.1) is 23.7 Å². The van der Waals surface area contributed by atoms with Gasteiger partial charge in [0.05, 0.1) is 116 Å². The summed E-state index contributed by atoms with van der Waals surface area (Å²) in [6.45, 7) is -6.14. The predicted octanol–water partition coefficient (Wildman–Crippen LogP) is 9.83. The Balaban J connectivity index is 1.39. The summed E-state index contributed by atoms with van der Waals surface area (Å²) in [5.74, 6) is -13.0. The fraction of sp³-hybridized carbons (Fsp3) is 0.273. The Bertz CT molecular complexity index is 3620. The number of methoxy groups -OCH3 is 6. The molecule has 0 N–H and O–H groups in total. The van der Waals surface area contributed by atoms with E-state index in [0.29, 0.717) is 0 Å². The highest BCUT2D eigenvalue weighted by molar-refractivity contribution is 5.92. The number of carbonyl (C=O) groups excluding carboxylic acids is 12. The Labute approximate surface area is 576 Å². The number of hydrogen-bond donors (Lipinski definition) is 0. The Kier molecular flexibility index (Phi) is 31.1. The lowest BCUT2D eigenvalue weighted by Crippen LogP contribution is -2.41. The molecule has 0 aliphatic rings. The summed E-state index contributed by atoms with van der Waals surface area (Å²) in [4.78, 5) is 215. The molecule has 0 amide bonds. The van der Waals surface area contributed by atoms with Crippen LogP contribution in [0.4, 0.5) is 28.8 Å². The van der Waals surface area contributed by atoms with Gasteiger partial charge in [-0.1, -0.05) is 36.4 Å². The standard InChI is InChI=1S/C66H62O36/c1-79-47-19-7-13-39(29-47)55(67)91-97-61(73)85-27-25-45(35-87-63(75)99-93-57(69)41-15-9-21-49(31-41)81-3)53(37-89-65(77)101-95-59(71)43-17-11-23-51(33-43)83-5)54(38-90-66(78)102-96-60(72)44-18-12-24-52(34-44)84-6)46(36-88-64(76)100-94-58(70)42-16-10-22-50(32-42)82-4)26-28-86-62(74)98-92-56(68)40-14-8-20-48(30-40)80-2/h7-24,29-34,45-46,53-54H,25-28,35-38H2,1-6H3. The van der Waals surface area contributed by atoms with Crippen molar-refractivity contribution >= 4 is 72.7 Å². The maximum Gasteiger partial charge on any atom is 0.549 e. The van der Waals surface area contributed by atoms with Gasteiger partial charge in [-0.2, -0.15) is 28.8 Å². The third-order valence-corrected chi connectivity index (χ3v) is 13.7. The molecule has 0 saturated carbocycles. The maximum atomic E-state index is 13.6. The van der Waals surface area contributed by atoms with Gasteiger partial charge in [-0.3, -0.25) is 0 Å². The fourth-order valence-electron chi connectivity index (χ4n) is 8.69. The summed E-state index contributed by atoms with van der Waals surface area (Å²) in [6.07, 6.45) is -11.9. The van der Waals surface area contributed by atoms with Crippen LogP contribution in [0.1, 0.15) is 75.0 Å². The molecular formula is C66H62O36. The molecule has 0 aliphatic carbocycles. The van der Waals surface area contributed by atoms with Crippen LogP contribution in [-0.2, 0) is 87.1 Å². The maximum absolute atomic E-state index is 13.6. The topological polar surface area (TPSA) is 426 Å². The van der Waals surface area contributed by atoms with Crippen molar-refractivity contribution in [3.05, 3.63) is 179 Å². The van der Waals surface area contributed by atoms with E-state index in [-0.39, 0.29) is 67.9 Å². The van der Waals surface area contributed by atoms with E-state index in [2.05, 4.69) is 29.3 Å². The molecule has 0 saturated heterocycles. The second-order valence-corrected chi connectivity index (χ2v) is 20.0. The van der Waals surface area contributed by atoms with Gasteiger partial charge in [0, 0.05) is 23.7 Å². The zero-order valence-electron chi connectivity index (χ0n) is 54.5. The molecular weight excluding hydrogens is 1370 g/mol. The third kappa shape index (κ3) is 25.9. The molecule has 4 atom stereocenters. The summed E-state index contributed by atoms with van der Waals surface area (Å²) >= 11 is 0. The molecule has 6 aromatic carbocycles. The van der Waals surface area contributed by atoms with Crippen LogP contribution in [0.2, 0.25) is 0 Å². The molecule has 4 unspecified atom stereocenters. The second kappa shape index (κ2) is 41.0. The lowest BCUT2D eigenvalue weighted by atomic mass is 9.74. The van der Waals surface area contributed by atoms with Crippen LogP contribution in [0.15, 0.2) is 146 Å². The summed E-state index contributed by atoms with van der Waals surface area (Å²) in [6, 6.07) is 32.3. The summed E-state index contributed by atoms with van der Waals surface area (Å²) in [5.41, 5.74) is -1.09. The number of benzene rings is 6. The van der Waals surface area contributed by atoms with Crippen molar-refractivity contribution < 1.29 is 173 Å². The van der Waals surface area contributed by atoms with Crippen LogP contribution in [0.3, 0.4) is 0 Å². The number of carbonyl (C=O) groups is 12. The van der Waals surface area contributed by atoms with Gasteiger partial charge < -0.3 is 56.8 Å². The lowest BCUT2D eigenvalue weighted by Gasteiger charge is -2.36. The SMILES string of the molecule is COc1cccc(C(=O)OOC(=O)OCCC(COC(=O)OOC(=O)c2cccc(OC)c2)C(COC(=O)OOC(=O)c2cccc(OC)c2)C(COC(=O)OOC(=O)c2cccc(OC)c2)C(CCOC(=O)OOC(=O)c2cccc(OC)c2)COC(=O)OOC(=O)c2cccc(OC)c2)c1. The van der Waals surface area contributed by atoms with E-state index in [4.69, 9.17) is 86.2 Å². The molecule has 6 aromatic rings. The Morgan fingerprint density at radius 1 is 0.245 bits per heavy atom. The molecule has 6 rings (SSSR count). The van der Waals surface area contributed by atoms with Gasteiger partial charge in [0.2, 0.25) is 0 Å². The Morgan fingerprint density at radius 3 is 0.627 bits per heavy atom. The minimum atomic E-state index is -1.82. The first-order chi connectivity index (χ1) is 49.2. The molecule has 102 heavy (non-hydrogen) atoms. The summed E-state index contributed by atoms with van der Waals surface area (Å²) in [5, 5.41) is 0. The zero-order chi connectivity index (χ0) is 73.8. The Morgan fingerprint density at radius 2 is 0.431 bits per heavy atom. The molecule has 0 aliphatic heterocycles. The molecule has 0 heterocycles. The van der Waals surface area contributed by atoms with Gasteiger partial charge in [0.15, 0.2) is 0 Å². The molecule has 0 fully saturated rings. The molecule has 36 heteroatoms. The molecule has 0 aromatic heterocycles. The monoisotopic (exact) mass is 1430 g/mol. The van der Waals surface area contributed by atoms with Crippen molar-refractivity contribution in [2.45, 2.75) is 12.8 Å². The van der Waals surface area contributed by atoms with Crippen LogP contribution in [0.25, 0.3) is 0 Å². The van der Waals surface area contributed by atoms with Crippen LogP contribution in [0.5, 0.6) is 34.5 Å². The highest BCUT2D eigenvalue weighted by Crippen LogP contribution is 2.35. The van der Waals surface area contributed by atoms with E-state index in [0.717, 1.165) is 0 Å². The van der Waals surface area contributed by atoms with Gasteiger partial charge in [-0.15, -0.1) is 0 Å². The number of ether oxygens (including phenoxy) is 12. The lowest BCUT2D eigenvalue weighted by molar-refractivity contribution is -0.212. The van der Waals surface area contributed by atoms with Crippen molar-refractivity contribution in [3.8, 4) is 34.5 Å². The van der Waals surface area contributed by atoms with Crippen molar-refractivity contribution in [2.75, 3.05) is 82.3 Å². The summed E-state index contributed by atoms with van der Waals surface area (Å²) < 4.78 is 62.9. The molecule has 0 bridgehead atoms. The molecule has 36 nitrogen and oxygen atoms in total. The van der Waals surface area contributed by atoms with Crippen LogP contribution in [-0.4, -0.2) is 155 Å². The third-order valence-electron chi connectivity index (χ3n) is 13.7. The van der Waals surface area contributed by atoms with Gasteiger partial charge in [-0.25, -0.2) is 87.4 Å². The van der Waals surface area contributed by atoms with E-state index in [1.807, 2.05) is 0 Å². The second-order valence-electron chi connectivity index (χ2n) is 20.0. The highest BCUT2D eigenvalue weighted by Gasteiger charge is 2.40. The highest BCUT2D eigenvalue weighted by atomic mass is 17.3. The quantitative estimate of drug-likeness (QED) is 0.0182. The average molecular weight is 1430 g/mol. The number of rotatable bonds is 29. The minimum Gasteiger partial charge on any atom is -0.497 e. The first-order valence-corrected chi connectivity index (χ1v) is 29.4. The van der Waals surface area contributed by atoms with Gasteiger partial charge in [0.25, 0.3) is 0 Å². The average Bonchev–Trinajstić information content (AvgIpc) is 0.834. The Hall–Kier alpha value is -13.4. The van der Waals surface area contributed by atoms with E-state index in [1.165, 1.54) is 188 Å². The van der Waals surface area contributed by atoms with Gasteiger partial charge >= 0.3 is 72.7 Å². The van der Waals surface area contributed by atoms with Crippen LogP contribution >= 0.6 is 0 Å². The van der Waals surface area contributed by atoms with Crippen molar-refractivity contribution in [3.63, 3.8) is 0 Å². The number of hydrogen-bond acceptors (Lipinski definition) is 36. The zero-order valence-corrected chi connectivity index (χ0v) is 54.5. The van der Waals surface area contributed by atoms with Crippen molar-refractivity contribution in [2.24, 2.45) is 23.7 Å². The van der Waals surface area contributed by atoms with E-state index in [1.54, 1.807) is 0 Å². The normalized spacial score (nSPS) is 11.5. The predicted molar refractivity (Wildman–Crippen MR) is 328 cm³/mol. The van der Waals surface area contributed by atoms with E-state index < -0.39 is 149 Å². The van der Waals surface area contributed by atoms with E-state index >= 15 is 0 Å². The first-order valence-electron chi connectivity index (χ1n) is 29.4. The minimum absolute atomic E-state index is 0.153. The van der Waals surface area contributed by atoms with Crippen molar-refractivity contribution in [1.82, 2.24) is 0 Å². The molecule has 542 valence electrons. The van der Waals surface area contributed by atoms with Crippen LogP contribution < -0.4 is 28.4 Å².